The van der Waals surface area contributed by atoms with E-state index in [1.165, 1.54) is 7.11 Å². The fourth-order valence-corrected chi connectivity index (χ4v) is 0.0833. The molecule has 60 valence electrons. The summed E-state index contributed by atoms with van der Waals surface area (Å²) in [5.41, 5.74) is 0. The van der Waals surface area contributed by atoms with Crippen LogP contribution in [-0.4, -0.2) is 48.3 Å². The SMILES string of the molecule is C=CC(=O)OC.O=C(O)O.[LiH]. The molecule has 0 saturated carbocycles. The first-order valence-electron chi connectivity index (χ1n) is 2.16. The van der Waals surface area contributed by atoms with E-state index in [-0.39, 0.29) is 18.9 Å². The van der Waals surface area contributed by atoms with Crippen molar-refractivity contribution in [2.24, 2.45) is 0 Å². The number of carboxylic acid groups (broad SMARTS) is 2. The van der Waals surface area contributed by atoms with Gasteiger partial charge in [0.25, 0.3) is 0 Å². The van der Waals surface area contributed by atoms with Crippen molar-refractivity contribution >= 4 is 31.0 Å². The van der Waals surface area contributed by atoms with Crippen molar-refractivity contribution in [2.45, 2.75) is 0 Å². The molecule has 11 heavy (non-hydrogen) atoms. The van der Waals surface area contributed by atoms with E-state index < -0.39 is 12.1 Å². The summed E-state index contributed by atoms with van der Waals surface area (Å²) < 4.78 is 4.14. The van der Waals surface area contributed by atoms with Gasteiger partial charge in [0, 0.05) is 6.08 Å². The normalized spacial score (nSPS) is 5.91. The zero-order valence-electron chi connectivity index (χ0n) is 5.40. The summed E-state index contributed by atoms with van der Waals surface area (Å²) in [6.45, 7) is 3.16. The van der Waals surface area contributed by atoms with Crippen molar-refractivity contribution in [2.75, 3.05) is 7.11 Å². The second-order valence-electron chi connectivity index (χ2n) is 1.01. The second-order valence-corrected chi connectivity index (χ2v) is 1.01. The Kier molecular flexibility index (Phi) is 17.8. The Morgan fingerprint density at radius 2 is 1.73 bits per heavy atom. The van der Waals surface area contributed by atoms with Crippen LogP contribution in [-0.2, 0) is 9.53 Å². The summed E-state index contributed by atoms with van der Waals surface area (Å²) in [7, 11) is 1.31. The molecular weight excluding hydrogens is 147 g/mol. The molecule has 0 aliphatic heterocycles. The molecule has 0 spiro atoms. The number of ether oxygens (including phenoxy) is 1. The Hall–Kier alpha value is -0.923. The molecule has 0 radical (unpaired) electrons. The van der Waals surface area contributed by atoms with Gasteiger partial charge in [0.1, 0.15) is 0 Å². The number of esters is 1. The molecule has 6 heteroatoms. The quantitative estimate of drug-likeness (QED) is 0.315. The van der Waals surface area contributed by atoms with Crippen LogP contribution in [0.2, 0.25) is 0 Å². The third-order valence-electron chi connectivity index (χ3n) is 0.368. The van der Waals surface area contributed by atoms with Gasteiger partial charge in [-0.1, -0.05) is 6.58 Å². The molecule has 0 heterocycles. The average molecular weight is 156 g/mol. The van der Waals surface area contributed by atoms with Crippen LogP contribution in [0, 0.1) is 0 Å². The number of hydrogen-bond donors (Lipinski definition) is 2. The van der Waals surface area contributed by atoms with Crippen molar-refractivity contribution in [1.29, 1.82) is 0 Å². The number of carbonyl (C=O) groups excluding carboxylic acids is 1. The zero-order chi connectivity index (χ0) is 8.57. The van der Waals surface area contributed by atoms with Crippen LogP contribution in [0.4, 0.5) is 4.79 Å². The second kappa shape index (κ2) is 11.8. The van der Waals surface area contributed by atoms with Crippen LogP contribution >= 0.6 is 0 Å². The molecule has 0 fully saturated rings. The molecule has 0 rings (SSSR count). The molecule has 0 amide bonds. The molecule has 0 aliphatic rings. The van der Waals surface area contributed by atoms with E-state index in [0.717, 1.165) is 6.08 Å². The minimum atomic E-state index is -1.83. The zero-order valence-corrected chi connectivity index (χ0v) is 5.40. The van der Waals surface area contributed by atoms with Gasteiger partial charge in [0.05, 0.1) is 7.11 Å². The maximum absolute atomic E-state index is 9.84. The molecule has 0 aliphatic carbocycles. The fourth-order valence-electron chi connectivity index (χ4n) is 0.0833. The maximum atomic E-state index is 9.84. The Morgan fingerprint density at radius 1 is 1.45 bits per heavy atom. The Bertz CT molecular complexity index is 129. The summed E-state index contributed by atoms with van der Waals surface area (Å²) in [4.78, 5) is 18.4. The minimum absolute atomic E-state index is 0. The van der Waals surface area contributed by atoms with Gasteiger partial charge in [0.15, 0.2) is 0 Å². The third kappa shape index (κ3) is 48.0. The average Bonchev–Trinajstić information content (AvgIpc) is 1.85. The van der Waals surface area contributed by atoms with Crippen LogP contribution in [0.1, 0.15) is 0 Å². The van der Waals surface area contributed by atoms with Crippen LogP contribution in [0.5, 0.6) is 0 Å². The van der Waals surface area contributed by atoms with E-state index in [0.29, 0.717) is 0 Å². The van der Waals surface area contributed by atoms with E-state index in [9.17, 15) is 4.79 Å². The van der Waals surface area contributed by atoms with E-state index in [2.05, 4.69) is 11.3 Å². The Balaban J connectivity index is -0.000000114. The standard InChI is InChI=1S/C4H6O2.CH2O3.Li.H/c1-3-4(5)6-2;2-1(3)4;;/h3H,1H2,2H3;(H2,2,3,4);;. The molecule has 0 aromatic carbocycles. The van der Waals surface area contributed by atoms with Gasteiger partial charge in [-0.25, -0.2) is 9.59 Å². The van der Waals surface area contributed by atoms with Crippen molar-refractivity contribution in [3.8, 4) is 0 Å². The molecular formula is C5H9LiO5. The van der Waals surface area contributed by atoms with E-state index in [1.807, 2.05) is 0 Å². The van der Waals surface area contributed by atoms with Crippen LogP contribution < -0.4 is 0 Å². The summed E-state index contributed by atoms with van der Waals surface area (Å²) >= 11 is 0. The number of rotatable bonds is 1. The first-order valence-corrected chi connectivity index (χ1v) is 2.16. The summed E-state index contributed by atoms with van der Waals surface area (Å²) in [5, 5.41) is 13.9. The monoisotopic (exact) mass is 156 g/mol. The van der Waals surface area contributed by atoms with Gasteiger partial charge in [-0.15, -0.1) is 0 Å². The van der Waals surface area contributed by atoms with Crippen molar-refractivity contribution in [3.05, 3.63) is 12.7 Å². The number of methoxy groups -OCH3 is 1. The Labute approximate surface area is 75.8 Å². The Morgan fingerprint density at radius 3 is 1.73 bits per heavy atom. The molecule has 0 bridgehead atoms. The van der Waals surface area contributed by atoms with Crippen molar-refractivity contribution in [3.63, 3.8) is 0 Å². The number of carbonyl (C=O) groups is 2. The summed E-state index contributed by atoms with van der Waals surface area (Å²) in [6.07, 6.45) is -0.722. The first-order chi connectivity index (χ1) is 4.54. The first kappa shape index (κ1) is 16.6. The molecule has 5 nitrogen and oxygen atoms in total. The fraction of sp³-hybridized carbons (Fsp3) is 0.200. The molecule has 0 atom stereocenters. The molecule has 0 aromatic rings. The van der Waals surface area contributed by atoms with Crippen LogP contribution in [0.3, 0.4) is 0 Å². The topological polar surface area (TPSA) is 83.8 Å². The van der Waals surface area contributed by atoms with Gasteiger partial charge in [-0.3, -0.25) is 0 Å². The molecule has 0 saturated heterocycles. The van der Waals surface area contributed by atoms with Gasteiger partial charge in [0.2, 0.25) is 0 Å². The van der Waals surface area contributed by atoms with Crippen molar-refractivity contribution in [1.82, 2.24) is 0 Å². The summed E-state index contributed by atoms with van der Waals surface area (Å²) in [5.74, 6) is -0.394. The van der Waals surface area contributed by atoms with E-state index in [4.69, 9.17) is 15.0 Å². The van der Waals surface area contributed by atoms with Crippen LogP contribution in [0.25, 0.3) is 0 Å². The van der Waals surface area contributed by atoms with E-state index in [1.54, 1.807) is 0 Å². The predicted octanol–water partition coefficient (Wildman–Crippen LogP) is -0.0807. The predicted molar refractivity (Wildman–Crippen MR) is 40.0 cm³/mol. The van der Waals surface area contributed by atoms with E-state index >= 15 is 0 Å². The molecule has 2 N–H and O–H groups in total. The van der Waals surface area contributed by atoms with Gasteiger partial charge in [-0.05, 0) is 0 Å². The molecule has 0 aromatic heterocycles. The van der Waals surface area contributed by atoms with Gasteiger partial charge < -0.3 is 14.9 Å². The third-order valence-corrected chi connectivity index (χ3v) is 0.368. The summed E-state index contributed by atoms with van der Waals surface area (Å²) in [6, 6.07) is 0. The molecule has 0 unspecified atom stereocenters. The van der Waals surface area contributed by atoms with Gasteiger partial charge in [-0.2, -0.15) is 0 Å². The van der Waals surface area contributed by atoms with Gasteiger partial charge >= 0.3 is 31.0 Å². The number of hydrogen-bond acceptors (Lipinski definition) is 3. The van der Waals surface area contributed by atoms with Crippen LogP contribution in [0.15, 0.2) is 12.7 Å². The van der Waals surface area contributed by atoms with Crippen molar-refractivity contribution < 1.29 is 24.5 Å².